The van der Waals surface area contributed by atoms with Crippen molar-refractivity contribution >= 4 is 21.8 Å². The molecule has 0 fully saturated rings. The molecule has 0 aliphatic rings. The number of para-hydroxylation sites is 1. The van der Waals surface area contributed by atoms with Crippen LogP contribution in [0.3, 0.4) is 0 Å². The number of hydrogen-bond acceptors (Lipinski definition) is 7. The zero-order valence-electron chi connectivity index (χ0n) is 14.1. The average molecular weight is 379 g/mol. The number of ketones is 1. The predicted octanol–water partition coefficient (Wildman–Crippen LogP) is 1.39. The molecule has 0 bridgehead atoms. The third-order valence-electron chi connectivity index (χ3n) is 3.45. The Bertz CT molecular complexity index is 938. The van der Waals surface area contributed by atoms with Crippen LogP contribution in [0.15, 0.2) is 47.4 Å². The first-order valence-corrected chi connectivity index (χ1v) is 8.86. The van der Waals surface area contributed by atoms with E-state index in [-0.39, 0.29) is 21.8 Å². The Morgan fingerprint density at radius 3 is 2.27 bits per heavy atom. The number of hydrogen-bond donors (Lipinski definition) is 1. The van der Waals surface area contributed by atoms with Gasteiger partial charge in [0.1, 0.15) is 16.4 Å². The number of sulfonamides is 1. The fraction of sp³-hybridized carbons (Fsp3) is 0.176. The summed E-state index contributed by atoms with van der Waals surface area (Å²) >= 11 is 0. The molecule has 0 aliphatic carbocycles. The molecule has 8 nitrogen and oxygen atoms in total. The van der Waals surface area contributed by atoms with Crippen molar-refractivity contribution in [3.8, 4) is 11.5 Å². The summed E-state index contributed by atoms with van der Waals surface area (Å²) < 4.78 is 38.1. The molecule has 0 spiro atoms. The van der Waals surface area contributed by atoms with Gasteiger partial charge in [-0.1, -0.05) is 12.1 Å². The second-order valence-electron chi connectivity index (χ2n) is 5.11. The smallest absolute Gasteiger partial charge is 0.338 e. The van der Waals surface area contributed by atoms with Gasteiger partial charge in [0.15, 0.2) is 6.61 Å². The van der Waals surface area contributed by atoms with E-state index in [1.165, 1.54) is 26.4 Å². The third kappa shape index (κ3) is 4.38. The van der Waals surface area contributed by atoms with E-state index < -0.39 is 28.4 Å². The molecule has 0 saturated carbocycles. The summed E-state index contributed by atoms with van der Waals surface area (Å²) in [5.74, 6) is -0.986. The Labute approximate surface area is 150 Å². The molecule has 0 aromatic heterocycles. The quantitative estimate of drug-likeness (QED) is 0.570. The van der Waals surface area contributed by atoms with E-state index in [0.717, 1.165) is 6.07 Å². The second kappa shape index (κ2) is 7.98. The second-order valence-corrected chi connectivity index (χ2v) is 6.64. The molecular formula is C17H17NO7S. The van der Waals surface area contributed by atoms with Crippen molar-refractivity contribution in [2.24, 2.45) is 5.14 Å². The van der Waals surface area contributed by atoms with Crippen LogP contribution in [-0.2, 0) is 14.8 Å². The maximum Gasteiger partial charge on any atom is 0.338 e. The summed E-state index contributed by atoms with van der Waals surface area (Å²) in [5, 5.41) is 5.10. The highest BCUT2D eigenvalue weighted by Crippen LogP contribution is 2.24. The summed E-state index contributed by atoms with van der Waals surface area (Å²) in [5.41, 5.74) is 0.186. The number of carbonyl (C=O) groups excluding carboxylic acids is 2. The van der Waals surface area contributed by atoms with Crippen molar-refractivity contribution in [2.75, 3.05) is 20.8 Å². The molecule has 0 radical (unpaired) electrons. The number of primary sulfonamides is 1. The molecule has 0 unspecified atom stereocenters. The molecule has 0 saturated heterocycles. The molecule has 9 heteroatoms. The van der Waals surface area contributed by atoms with E-state index in [9.17, 15) is 18.0 Å². The molecule has 0 atom stereocenters. The van der Waals surface area contributed by atoms with Gasteiger partial charge in [-0.2, -0.15) is 0 Å². The minimum Gasteiger partial charge on any atom is -0.496 e. The molecule has 2 aromatic rings. The number of nitrogens with two attached hydrogens (primary N) is 1. The summed E-state index contributed by atoms with van der Waals surface area (Å²) in [6, 6.07) is 10.1. The van der Waals surface area contributed by atoms with Gasteiger partial charge in [0.2, 0.25) is 15.8 Å². The minimum absolute atomic E-state index is 0.00542. The number of esters is 1. The summed E-state index contributed by atoms with van der Waals surface area (Å²) in [4.78, 5) is 24.0. The highest BCUT2D eigenvalue weighted by molar-refractivity contribution is 7.89. The molecule has 2 rings (SSSR count). The SMILES string of the molecule is COc1ccccc1C(=O)COC(=O)c1ccc(OC)c(S(N)(=O)=O)c1. The predicted molar refractivity (Wildman–Crippen MR) is 92.0 cm³/mol. The maximum absolute atomic E-state index is 12.2. The lowest BCUT2D eigenvalue weighted by molar-refractivity contribution is 0.0473. The molecule has 26 heavy (non-hydrogen) atoms. The number of carbonyl (C=O) groups is 2. The van der Waals surface area contributed by atoms with E-state index in [0.29, 0.717) is 5.75 Å². The topological polar surface area (TPSA) is 122 Å². The van der Waals surface area contributed by atoms with Gasteiger partial charge in [0.25, 0.3) is 0 Å². The van der Waals surface area contributed by atoms with Gasteiger partial charge >= 0.3 is 5.97 Å². The summed E-state index contributed by atoms with van der Waals surface area (Å²) in [6.07, 6.45) is 0. The zero-order chi connectivity index (χ0) is 19.3. The lowest BCUT2D eigenvalue weighted by Gasteiger charge is -2.10. The van der Waals surface area contributed by atoms with Crippen LogP contribution in [0.25, 0.3) is 0 Å². The van der Waals surface area contributed by atoms with Gasteiger partial charge in [-0.3, -0.25) is 4.79 Å². The van der Waals surface area contributed by atoms with Crippen molar-refractivity contribution < 1.29 is 32.2 Å². The summed E-state index contributed by atoms with van der Waals surface area (Å²) in [6.45, 7) is -0.532. The van der Waals surface area contributed by atoms with Crippen LogP contribution in [0.4, 0.5) is 0 Å². The van der Waals surface area contributed by atoms with Crippen LogP contribution in [0.2, 0.25) is 0 Å². The lowest BCUT2D eigenvalue weighted by Crippen LogP contribution is -2.17. The van der Waals surface area contributed by atoms with E-state index in [4.69, 9.17) is 19.3 Å². The fourth-order valence-electron chi connectivity index (χ4n) is 2.19. The van der Waals surface area contributed by atoms with Crippen LogP contribution < -0.4 is 14.6 Å². The maximum atomic E-state index is 12.2. The molecule has 2 N–H and O–H groups in total. The first kappa shape index (κ1) is 19.4. The zero-order valence-corrected chi connectivity index (χ0v) is 14.9. The van der Waals surface area contributed by atoms with Crippen LogP contribution in [0, 0.1) is 0 Å². The molecule has 0 amide bonds. The lowest BCUT2D eigenvalue weighted by atomic mass is 10.1. The monoisotopic (exact) mass is 379 g/mol. The average Bonchev–Trinajstić information content (AvgIpc) is 2.64. The van der Waals surface area contributed by atoms with Gasteiger partial charge in [-0.25, -0.2) is 18.4 Å². The van der Waals surface area contributed by atoms with Crippen molar-refractivity contribution in [3.63, 3.8) is 0 Å². The minimum atomic E-state index is -4.10. The van der Waals surface area contributed by atoms with Crippen LogP contribution >= 0.6 is 0 Å². The van der Waals surface area contributed by atoms with Gasteiger partial charge in [0.05, 0.1) is 25.3 Å². The van der Waals surface area contributed by atoms with E-state index in [1.54, 1.807) is 24.3 Å². The Morgan fingerprint density at radius 1 is 1.00 bits per heavy atom. The van der Waals surface area contributed by atoms with Crippen LogP contribution in [-0.4, -0.2) is 41.0 Å². The standard InChI is InChI=1S/C17H17NO7S/c1-23-14-6-4-3-5-12(14)13(19)10-25-17(20)11-7-8-15(24-2)16(9-11)26(18,21)22/h3-9H,10H2,1-2H3,(H2,18,21,22). The van der Waals surface area contributed by atoms with Crippen molar-refractivity contribution in [1.29, 1.82) is 0 Å². The van der Waals surface area contributed by atoms with Gasteiger partial charge in [-0.05, 0) is 30.3 Å². The van der Waals surface area contributed by atoms with Gasteiger partial charge in [-0.15, -0.1) is 0 Å². The van der Waals surface area contributed by atoms with Crippen LogP contribution in [0.5, 0.6) is 11.5 Å². The number of methoxy groups -OCH3 is 2. The van der Waals surface area contributed by atoms with Gasteiger partial charge < -0.3 is 14.2 Å². The Balaban J connectivity index is 2.17. The Kier molecular flexibility index (Phi) is 5.96. The molecule has 0 heterocycles. The number of rotatable bonds is 7. The largest absolute Gasteiger partial charge is 0.496 e. The number of ether oxygens (including phenoxy) is 3. The van der Waals surface area contributed by atoms with Crippen LogP contribution in [0.1, 0.15) is 20.7 Å². The number of Topliss-reactive ketones (excluding diaryl/α,β-unsaturated/α-hetero) is 1. The first-order chi connectivity index (χ1) is 12.3. The van der Waals surface area contributed by atoms with E-state index in [2.05, 4.69) is 0 Å². The molecule has 138 valence electrons. The molecular weight excluding hydrogens is 362 g/mol. The van der Waals surface area contributed by atoms with Crippen molar-refractivity contribution in [1.82, 2.24) is 0 Å². The molecule has 0 aliphatic heterocycles. The number of benzene rings is 2. The normalized spacial score (nSPS) is 10.9. The van der Waals surface area contributed by atoms with E-state index >= 15 is 0 Å². The van der Waals surface area contributed by atoms with Gasteiger partial charge in [0, 0.05) is 0 Å². The third-order valence-corrected chi connectivity index (χ3v) is 4.38. The molecule has 2 aromatic carbocycles. The highest BCUT2D eigenvalue weighted by Gasteiger charge is 2.20. The van der Waals surface area contributed by atoms with Crippen molar-refractivity contribution in [3.05, 3.63) is 53.6 Å². The highest BCUT2D eigenvalue weighted by atomic mass is 32.2. The Morgan fingerprint density at radius 2 is 1.65 bits per heavy atom. The summed E-state index contributed by atoms with van der Waals surface area (Å²) in [7, 11) is -1.41. The van der Waals surface area contributed by atoms with Crippen molar-refractivity contribution in [2.45, 2.75) is 4.90 Å². The Hall–Kier alpha value is -2.91. The fourth-order valence-corrected chi connectivity index (χ4v) is 2.92. The van der Waals surface area contributed by atoms with E-state index in [1.807, 2.05) is 0 Å². The first-order valence-electron chi connectivity index (χ1n) is 7.32.